The zero-order valence-corrected chi connectivity index (χ0v) is 19.2. The molecule has 1 fully saturated rings. The summed E-state index contributed by atoms with van der Waals surface area (Å²) < 4.78 is 28.9. The third kappa shape index (κ3) is 6.17. The van der Waals surface area contributed by atoms with Crippen molar-refractivity contribution in [2.75, 3.05) is 13.7 Å². The van der Waals surface area contributed by atoms with E-state index in [0.717, 1.165) is 5.56 Å². The Balaban J connectivity index is 1.61. The van der Waals surface area contributed by atoms with E-state index >= 15 is 0 Å². The smallest absolute Gasteiger partial charge is 0.338 e. The molecule has 35 heavy (non-hydrogen) atoms. The van der Waals surface area contributed by atoms with Crippen LogP contribution in [0, 0.1) is 0 Å². The number of rotatable bonds is 9. The SMILES string of the molecule is COc1ccc(OC2OC(CO)C(O)C(OCc3ccccc3)C2OC(=O)c2ccccc2)cc1. The maximum absolute atomic E-state index is 12.9. The summed E-state index contributed by atoms with van der Waals surface area (Å²) in [5.41, 5.74) is 1.20. The normalized spacial score (nSPS) is 23.9. The first-order chi connectivity index (χ1) is 17.1. The minimum absolute atomic E-state index is 0.148. The third-order valence-electron chi connectivity index (χ3n) is 5.65. The summed E-state index contributed by atoms with van der Waals surface area (Å²) in [5.74, 6) is 0.443. The van der Waals surface area contributed by atoms with E-state index in [2.05, 4.69) is 0 Å². The average molecular weight is 481 g/mol. The van der Waals surface area contributed by atoms with Crippen LogP contribution in [0.5, 0.6) is 11.5 Å². The lowest BCUT2D eigenvalue weighted by atomic mass is 9.98. The fraction of sp³-hybridized carbons (Fsp3) is 0.296. The largest absolute Gasteiger partial charge is 0.497 e. The number of aliphatic hydroxyl groups is 2. The number of ether oxygens (including phenoxy) is 5. The monoisotopic (exact) mass is 480 g/mol. The Morgan fingerprint density at radius 1 is 0.886 bits per heavy atom. The molecule has 4 rings (SSSR count). The second-order valence-electron chi connectivity index (χ2n) is 8.01. The number of benzene rings is 3. The summed E-state index contributed by atoms with van der Waals surface area (Å²) in [5, 5.41) is 20.8. The second kappa shape index (κ2) is 11.8. The van der Waals surface area contributed by atoms with Crippen molar-refractivity contribution in [2.45, 2.75) is 37.3 Å². The van der Waals surface area contributed by atoms with Crippen LogP contribution in [0.3, 0.4) is 0 Å². The van der Waals surface area contributed by atoms with Gasteiger partial charge in [-0.3, -0.25) is 0 Å². The lowest BCUT2D eigenvalue weighted by Gasteiger charge is -2.43. The summed E-state index contributed by atoms with van der Waals surface area (Å²) in [4.78, 5) is 12.9. The molecular weight excluding hydrogens is 452 g/mol. The lowest BCUT2D eigenvalue weighted by Crippen LogP contribution is -2.62. The van der Waals surface area contributed by atoms with Gasteiger partial charge in [-0.2, -0.15) is 0 Å². The van der Waals surface area contributed by atoms with Gasteiger partial charge in [-0.05, 0) is 42.0 Å². The van der Waals surface area contributed by atoms with Crippen LogP contribution in [-0.2, 0) is 20.8 Å². The van der Waals surface area contributed by atoms with Crippen molar-refractivity contribution in [3.8, 4) is 11.5 Å². The van der Waals surface area contributed by atoms with Gasteiger partial charge in [0.2, 0.25) is 6.29 Å². The van der Waals surface area contributed by atoms with Gasteiger partial charge in [0.25, 0.3) is 0 Å². The topological polar surface area (TPSA) is 104 Å². The highest BCUT2D eigenvalue weighted by Crippen LogP contribution is 2.30. The van der Waals surface area contributed by atoms with Gasteiger partial charge in [0.1, 0.15) is 29.8 Å². The maximum Gasteiger partial charge on any atom is 0.338 e. The number of methoxy groups -OCH3 is 1. The number of hydrogen-bond acceptors (Lipinski definition) is 8. The molecular formula is C27H28O8. The summed E-state index contributed by atoms with van der Waals surface area (Å²) in [6, 6.07) is 24.7. The summed E-state index contributed by atoms with van der Waals surface area (Å²) in [6.45, 7) is -0.330. The molecule has 1 aliphatic rings. The van der Waals surface area contributed by atoms with Crippen molar-refractivity contribution in [3.05, 3.63) is 96.1 Å². The molecule has 0 bridgehead atoms. The van der Waals surface area contributed by atoms with Crippen molar-refractivity contribution in [3.63, 3.8) is 0 Å². The van der Waals surface area contributed by atoms with Gasteiger partial charge in [-0.1, -0.05) is 48.5 Å². The highest BCUT2D eigenvalue weighted by Gasteiger charge is 2.49. The number of esters is 1. The Labute approximate surface area is 203 Å². The van der Waals surface area contributed by atoms with Crippen LogP contribution in [0.1, 0.15) is 15.9 Å². The maximum atomic E-state index is 12.9. The highest BCUT2D eigenvalue weighted by molar-refractivity contribution is 5.89. The van der Waals surface area contributed by atoms with E-state index in [1.54, 1.807) is 61.7 Å². The van der Waals surface area contributed by atoms with E-state index in [9.17, 15) is 15.0 Å². The summed E-state index contributed by atoms with van der Waals surface area (Å²) in [6.07, 6.45) is -5.60. The number of hydrogen-bond donors (Lipinski definition) is 2. The van der Waals surface area contributed by atoms with Gasteiger partial charge in [0, 0.05) is 0 Å². The van der Waals surface area contributed by atoms with Gasteiger partial charge in [0.15, 0.2) is 6.10 Å². The van der Waals surface area contributed by atoms with Gasteiger partial charge in [0.05, 0.1) is 25.9 Å². The third-order valence-corrected chi connectivity index (χ3v) is 5.65. The summed E-state index contributed by atoms with van der Waals surface area (Å²) in [7, 11) is 1.56. The first-order valence-electron chi connectivity index (χ1n) is 11.3. The van der Waals surface area contributed by atoms with Crippen molar-refractivity contribution < 1.29 is 38.7 Å². The van der Waals surface area contributed by atoms with E-state index in [1.807, 2.05) is 30.3 Å². The molecule has 0 aliphatic carbocycles. The predicted molar refractivity (Wildman–Crippen MR) is 126 cm³/mol. The van der Waals surface area contributed by atoms with E-state index in [4.69, 9.17) is 23.7 Å². The summed E-state index contributed by atoms with van der Waals surface area (Å²) >= 11 is 0. The van der Waals surface area contributed by atoms with Crippen molar-refractivity contribution >= 4 is 5.97 Å². The fourth-order valence-electron chi connectivity index (χ4n) is 3.77. The minimum atomic E-state index is -1.27. The second-order valence-corrected chi connectivity index (χ2v) is 8.01. The van der Waals surface area contributed by atoms with Gasteiger partial charge < -0.3 is 33.9 Å². The molecule has 0 radical (unpaired) electrons. The Kier molecular flexibility index (Phi) is 8.33. The molecule has 0 amide bonds. The van der Waals surface area contributed by atoms with E-state index < -0.39 is 43.3 Å². The van der Waals surface area contributed by atoms with Gasteiger partial charge in [-0.15, -0.1) is 0 Å². The van der Waals surface area contributed by atoms with Crippen LogP contribution in [0.15, 0.2) is 84.9 Å². The van der Waals surface area contributed by atoms with Crippen LogP contribution >= 0.6 is 0 Å². The van der Waals surface area contributed by atoms with Crippen molar-refractivity contribution in [2.24, 2.45) is 0 Å². The highest BCUT2D eigenvalue weighted by atomic mass is 16.7. The van der Waals surface area contributed by atoms with Crippen molar-refractivity contribution in [1.29, 1.82) is 0 Å². The molecule has 3 aromatic carbocycles. The zero-order chi connectivity index (χ0) is 24.6. The molecule has 1 aliphatic heterocycles. The van der Waals surface area contributed by atoms with E-state index in [1.165, 1.54) is 0 Å². The lowest BCUT2D eigenvalue weighted by molar-refractivity contribution is -0.286. The molecule has 0 aromatic heterocycles. The number of carbonyl (C=O) groups is 1. The molecule has 0 spiro atoms. The van der Waals surface area contributed by atoms with Crippen LogP contribution in [0.4, 0.5) is 0 Å². The van der Waals surface area contributed by atoms with Gasteiger partial charge in [-0.25, -0.2) is 4.79 Å². The van der Waals surface area contributed by atoms with Gasteiger partial charge >= 0.3 is 5.97 Å². The van der Waals surface area contributed by atoms with Crippen molar-refractivity contribution in [1.82, 2.24) is 0 Å². The first kappa shape index (κ1) is 24.7. The molecule has 1 saturated heterocycles. The average Bonchev–Trinajstić information content (AvgIpc) is 2.91. The molecule has 3 aromatic rings. The first-order valence-corrected chi connectivity index (χ1v) is 11.3. The minimum Gasteiger partial charge on any atom is -0.497 e. The van der Waals surface area contributed by atoms with Crippen LogP contribution in [-0.4, -0.2) is 60.6 Å². The molecule has 5 unspecified atom stereocenters. The van der Waals surface area contributed by atoms with Crippen LogP contribution in [0.2, 0.25) is 0 Å². The quantitative estimate of drug-likeness (QED) is 0.451. The van der Waals surface area contributed by atoms with E-state index in [0.29, 0.717) is 17.1 Å². The van der Waals surface area contributed by atoms with Crippen LogP contribution < -0.4 is 9.47 Å². The molecule has 0 saturated carbocycles. The molecule has 184 valence electrons. The molecule has 8 nitrogen and oxygen atoms in total. The van der Waals surface area contributed by atoms with E-state index in [-0.39, 0.29) is 6.61 Å². The number of carbonyl (C=O) groups excluding carboxylic acids is 1. The standard InChI is InChI=1S/C27H28O8/c1-31-20-12-14-21(15-13-20)33-27-25(35-26(30)19-10-6-3-7-11-19)24(23(29)22(16-28)34-27)32-17-18-8-4-2-5-9-18/h2-15,22-25,27-29H,16-17H2,1H3. The Morgan fingerprint density at radius 2 is 1.51 bits per heavy atom. The molecule has 5 atom stereocenters. The van der Waals surface area contributed by atoms with Crippen LogP contribution in [0.25, 0.3) is 0 Å². The predicted octanol–water partition coefficient (Wildman–Crippen LogP) is 2.96. The Bertz CT molecular complexity index is 1060. The molecule has 2 N–H and O–H groups in total. The zero-order valence-electron chi connectivity index (χ0n) is 19.2. The number of aliphatic hydroxyl groups excluding tert-OH is 2. The fourth-order valence-corrected chi connectivity index (χ4v) is 3.77. The molecule has 8 heteroatoms. The molecule has 1 heterocycles. The Hall–Kier alpha value is -3.43. The Morgan fingerprint density at radius 3 is 2.14 bits per heavy atom.